The Labute approximate surface area is 104 Å². The van der Waals surface area contributed by atoms with Crippen LogP contribution in [0.4, 0.5) is 0 Å². The summed E-state index contributed by atoms with van der Waals surface area (Å²) in [5, 5.41) is 8.86. The minimum absolute atomic E-state index is 0.000509. The van der Waals surface area contributed by atoms with E-state index in [-0.39, 0.29) is 22.4 Å². The van der Waals surface area contributed by atoms with E-state index >= 15 is 0 Å². The summed E-state index contributed by atoms with van der Waals surface area (Å²) in [5.41, 5.74) is 0.135. The molecule has 0 amide bonds. The summed E-state index contributed by atoms with van der Waals surface area (Å²) in [7, 11) is 3.69. The molecule has 0 bridgehead atoms. The van der Waals surface area contributed by atoms with Crippen molar-refractivity contribution in [2.75, 3.05) is 21.3 Å². The number of methoxy groups -OCH3 is 3. The third-order valence-corrected chi connectivity index (χ3v) is 2.23. The molecule has 0 aliphatic heterocycles. The van der Waals surface area contributed by atoms with Crippen LogP contribution in [-0.4, -0.2) is 33.3 Å². The molecular weight excluding hydrogens is 238 g/mol. The van der Waals surface area contributed by atoms with Gasteiger partial charge < -0.3 is 14.2 Å². The van der Waals surface area contributed by atoms with Crippen LogP contribution in [0.3, 0.4) is 0 Å². The smallest absolute Gasteiger partial charge is 0.341 e. The van der Waals surface area contributed by atoms with E-state index in [9.17, 15) is 9.59 Å². The molecule has 6 heteroatoms. The highest BCUT2D eigenvalue weighted by molar-refractivity contribution is 6.00. The third kappa shape index (κ3) is 2.40. The summed E-state index contributed by atoms with van der Waals surface area (Å²) < 4.78 is 14.1. The molecule has 0 aliphatic carbocycles. The van der Waals surface area contributed by atoms with Crippen LogP contribution in [-0.2, 0) is 9.47 Å². The summed E-state index contributed by atoms with van der Waals surface area (Å²) in [5.74, 6) is -1.38. The van der Waals surface area contributed by atoms with Crippen molar-refractivity contribution in [1.29, 1.82) is 5.26 Å². The van der Waals surface area contributed by atoms with Gasteiger partial charge in [0.15, 0.2) is 0 Å². The van der Waals surface area contributed by atoms with Gasteiger partial charge in [0.1, 0.15) is 16.9 Å². The van der Waals surface area contributed by atoms with Crippen molar-refractivity contribution in [3.63, 3.8) is 0 Å². The van der Waals surface area contributed by atoms with Crippen LogP contribution in [0, 0.1) is 11.3 Å². The molecule has 0 aromatic heterocycles. The van der Waals surface area contributed by atoms with Crippen LogP contribution in [0.2, 0.25) is 0 Å². The van der Waals surface area contributed by atoms with Gasteiger partial charge in [0.25, 0.3) is 0 Å². The van der Waals surface area contributed by atoms with E-state index in [0.29, 0.717) is 0 Å². The molecule has 1 aromatic rings. The van der Waals surface area contributed by atoms with Gasteiger partial charge in [-0.05, 0) is 12.1 Å². The highest BCUT2D eigenvalue weighted by Gasteiger charge is 2.22. The van der Waals surface area contributed by atoms with Crippen molar-refractivity contribution in [1.82, 2.24) is 0 Å². The van der Waals surface area contributed by atoms with Gasteiger partial charge in [-0.25, -0.2) is 9.59 Å². The molecule has 0 aliphatic rings. The average molecular weight is 249 g/mol. The highest BCUT2D eigenvalue weighted by atomic mass is 16.5. The standard InChI is InChI=1S/C12H11NO5/c1-16-10-8(11(14)17-2)4-7(6-13)5-9(10)12(15)18-3/h4-5H,1-3H3. The Kier molecular flexibility index (Phi) is 4.27. The van der Waals surface area contributed by atoms with Crippen LogP contribution < -0.4 is 4.74 Å². The van der Waals surface area contributed by atoms with Crippen molar-refractivity contribution in [2.24, 2.45) is 0 Å². The minimum atomic E-state index is -0.700. The minimum Gasteiger partial charge on any atom is -0.495 e. The maximum Gasteiger partial charge on any atom is 0.341 e. The lowest BCUT2D eigenvalue weighted by Gasteiger charge is -2.11. The van der Waals surface area contributed by atoms with E-state index in [0.717, 1.165) is 0 Å². The second-order valence-electron chi connectivity index (χ2n) is 3.20. The Morgan fingerprint density at radius 1 is 1.06 bits per heavy atom. The van der Waals surface area contributed by atoms with Gasteiger partial charge in [-0.2, -0.15) is 5.26 Å². The summed E-state index contributed by atoms with van der Waals surface area (Å²) in [4.78, 5) is 23.1. The van der Waals surface area contributed by atoms with Crippen molar-refractivity contribution in [2.45, 2.75) is 0 Å². The lowest BCUT2D eigenvalue weighted by molar-refractivity contribution is 0.0592. The second-order valence-corrected chi connectivity index (χ2v) is 3.20. The second kappa shape index (κ2) is 5.68. The monoisotopic (exact) mass is 249 g/mol. The van der Waals surface area contributed by atoms with Gasteiger partial charge >= 0.3 is 11.9 Å². The third-order valence-electron chi connectivity index (χ3n) is 2.23. The van der Waals surface area contributed by atoms with Crippen LogP contribution >= 0.6 is 0 Å². The van der Waals surface area contributed by atoms with Crippen LogP contribution in [0.5, 0.6) is 5.75 Å². The predicted octanol–water partition coefficient (Wildman–Crippen LogP) is 1.14. The molecule has 0 unspecified atom stereocenters. The van der Waals surface area contributed by atoms with Crippen molar-refractivity contribution in [3.8, 4) is 11.8 Å². The topological polar surface area (TPSA) is 85.6 Å². The van der Waals surface area contributed by atoms with Crippen LogP contribution in [0.1, 0.15) is 26.3 Å². The number of carbonyl (C=O) groups excluding carboxylic acids is 2. The Hall–Kier alpha value is -2.55. The fourth-order valence-electron chi connectivity index (χ4n) is 1.44. The zero-order valence-electron chi connectivity index (χ0n) is 10.1. The van der Waals surface area contributed by atoms with E-state index in [1.807, 2.05) is 6.07 Å². The molecule has 1 rings (SSSR count). The molecule has 0 fully saturated rings. The first-order chi connectivity index (χ1) is 8.58. The Bertz CT molecular complexity index is 493. The van der Waals surface area contributed by atoms with Gasteiger partial charge in [0, 0.05) is 0 Å². The molecule has 1 aromatic carbocycles. The summed E-state index contributed by atoms with van der Waals surface area (Å²) in [6.45, 7) is 0. The Morgan fingerprint density at radius 3 is 1.78 bits per heavy atom. The normalized spacial score (nSPS) is 9.22. The number of benzene rings is 1. The maximum absolute atomic E-state index is 11.6. The van der Waals surface area contributed by atoms with Crippen molar-refractivity contribution >= 4 is 11.9 Å². The first kappa shape index (κ1) is 13.5. The largest absolute Gasteiger partial charge is 0.495 e. The molecule has 0 heterocycles. The van der Waals surface area contributed by atoms with E-state index in [1.165, 1.54) is 33.5 Å². The van der Waals surface area contributed by atoms with Gasteiger partial charge in [0.2, 0.25) is 0 Å². The first-order valence-corrected chi connectivity index (χ1v) is 4.87. The molecule has 0 radical (unpaired) electrons. The predicted molar refractivity (Wildman–Crippen MR) is 60.4 cm³/mol. The molecule has 0 N–H and O–H groups in total. The van der Waals surface area contributed by atoms with Crippen LogP contribution in [0.25, 0.3) is 0 Å². The number of esters is 2. The van der Waals surface area contributed by atoms with Gasteiger partial charge in [0.05, 0.1) is 33.0 Å². The quantitative estimate of drug-likeness (QED) is 0.746. The summed E-state index contributed by atoms with van der Waals surface area (Å²) in [6.07, 6.45) is 0. The molecular formula is C12H11NO5. The molecule has 0 atom stereocenters. The maximum atomic E-state index is 11.6. The molecule has 0 saturated heterocycles. The van der Waals surface area contributed by atoms with Gasteiger partial charge in [-0.1, -0.05) is 0 Å². The first-order valence-electron chi connectivity index (χ1n) is 4.87. The number of carbonyl (C=O) groups is 2. The van der Waals surface area contributed by atoms with E-state index in [4.69, 9.17) is 10.00 Å². The fraction of sp³-hybridized carbons (Fsp3) is 0.250. The molecule has 6 nitrogen and oxygen atoms in total. The zero-order valence-corrected chi connectivity index (χ0v) is 10.1. The number of rotatable bonds is 3. The fourth-order valence-corrected chi connectivity index (χ4v) is 1.44. The average Bonchev–Trinajstić information content (AvgIpc) is 2.43. The lowest BCUT2D eigenvalue weighted by atomic mass is 10.0. The van der Waals surface area contributed by atoms with E-state index < -0.39 is 11.9 Å². The van der Waals surface area contributed by atoms with Gasteiger partial charge in [-0.3, -0.25) is 0 Å². The number of hydrogen-bond acceptors (Lipinski definition) is 6. The Balaban J connectivity index is 3.55. The molecule has 94 valence electrons. The number of nitriles is 1. The number of hydrogen-bond donors (Lipinski definition) is 0. The number of ether oxygens (including phenoxy) is 3. The Morgan fingerprint density at radius 2 is 1.50 bits per heavy atom. The van der Waals surface area contributed by atoms with Gasteiger partial charge in [-0.15, -0.1) is 0 Å². The number of nitrogens with zero attached hydrogens (tertiary/aromatic N) is 1. The molecule has 18 heavy (non-hydrogen) atoms. The lowest BCUT2D eigenvalue weighted by Crippen LogP contribution is -2.11. The highest BCUT2D eigenvalue weighted by Crippen LogP contribution is 2.27. The van der Waals surface area contributed by atoms with E-state index in [2.05, 4.69) is 9.47 Å². The SMILES string of the molecule is COC(=O)c1cc(C#N)cc(C(=O)OC)c1OC. The van der Waals surface area contributed by atoms with E-state index in [1.54, 1.807) is 0 Å². The summed E-state index contributed by atoms with van der Waals surface area (Å²) >= 11 is 0. The molecule has 0 saturated carbocycles. The van der Waals surface area contributed by atoms with Crippen LogP contribution in [0.15, 0.2) is 12.1 Å². The van der Waals surface area contributed by atoms with Crippen molar-refractivity contribution in [3.05, 3.63) is 28.8 Å². The molecule has 0 spiro atoms. The summed E-state index contributed by atoms with van der Waals surface area (Å²) in [6, 6.07) is 4.42. The zero-order chi connectivity index (χ0) is 13.7. The van der Waals surface area contributed by atoms with Crippen molar-refractivity contribution < 1.29 is 23.8 Å².